The van der Waals surface area contributed by atoms with E-state index in [4.69, 9.17) is 4.74 Å². The average molecular weight is 494 g/mol. The second-order valence-corrected chi connectivity index (χ2v) is 11.0. The first kappa shape index (κ1) is 23.6. The number of piperidine rings is 1. The molecular formula is C27H31N3O4S. The highest BCUT2D eigenvalue weighted by molar-refractivity contribution is 8.00. The first-order chi connectivity index (χ1) is 16.9. The van der Waals surface area contributed by atoms with Gasteiger partial charge in [0.15, 0.2) is 0 Å². The number of nitrogens with zero attached hydrogens (tertiary/aromatic N) is 2. The molecule has 3 aliphatic rings. The number of benzene rings is 2. The molecule has 8 heteroatoms. The number of aryl methyl sites for hydroxylation is 1. The van der Waals surface area contributed by atoms with Crippen LogP contribution in [0.25, 0.3) is 4.91 Å². The maximum Gasteiger partial charge on any atom is 0.285 e. The normalized spacial score (nSPS) is 21.9. The van der Waals surface area contributed by atoms with Crippen LogP contribution in [0, 0.1) is 5.92 Å². The van der Waals surface area contributed by atoms with Crippen molar-refractivity contribution in [1.82, 2.24) is 10.2 Å². The number of amides is 1. The van der Waals surface area contributed by atoms with E-state index in [-0.39, 0.29) is 22.8 Å². The van der Waals surface area contributed by atoms with Crippen molar-refractivity contribution in [3.63, 3.8) is 0 Å². The number of nitrogens with one attached hydrogen (secondary N) is 1. The number of hydrogen-bond donors (Lipinski definition) is 1. The number of fused-ring (bicyclic) bond motifs is 1. The zero-order valence-corrected chi connectivity index (χ0v) is 21.0. The Morgan fingerprint density at radius 1 is 1.06 bits per heavy atom. The second kappa shape index (κ2) is 9.49. The molecule has 2 aliphatic heterocycles. The molecule has 5 rings (SSSR count). The van der Waals surface area contributed by atoms with Gasteiger partial charge >= 0.3 is 0 Å². The number of rotatable bonds is 4. The largest absolute Gasteiger partial charge is 0.497 e. The van der Waals surface area contributed by atoms with Crippen molar-refractivity contribution >= 4 is 26.7 Å². The molecular weight excluding hydrogens is 462 g/mol. The monoisotopic (exact) mass is 493 g/mol. The molecule has 2 heterocycles. The number of methoxy groups -OCH3 is 1. The van der Waals surface area contributed by atoms with E-state index in [1.54, 1.807) is 31.4 Å². The van der Waals surface area contributed by atoms with Gasteiger partial charge in [0.05, 0.1) is 13.2 Å². The molecule has 1 saturated heterocycles. The first-order valence-electron chi connectivity index (χ1n) is 12.2. The number of carbonyl (C=O) groups excluding carboxylic acids is 1. The van der Waals surface area contributed by atoms with E-state index >= 15 is 0 Å². The molecule has 7 nitrogen and oxygen atoms in total. The van der Waals surface area contributed by atoms with E-state index < -0.39 is 10.0 Å². The molecule has 0 aromatic heterocycles. The molecule has 0 radical (unpaired) electrons. The number of carbonyl (C=O) groups is 1. The van der Waals surface area contributed by atoms with Gasteiger partial charge in [-0.05, 0) is 80.0 Å². The van der Waals surface area contributed by atoms with Crippen LogP contribution in [0.2, 0.25) is 0 Å². The van der Waals surface area contributed by atoms with Gasteiger partial charge in [-0.1, -0.05) is 24.3 Å². The Morgan fingerprint density at radius 3 is 2.49 bits per heavy atom. The Morgan fingerprint density at radius 2 is 1.77 bits per heavy atom. The summed E-state index contributed by atoms with van der Waals surface area (Å²) in [6.45, 7) is 3.00. The fourth-order valence-corrected chi connectivity index (χ4v) is 6.96. The molecule has 1 N–H and O–H groups in total. The van der Waals surface area contributed by atoms with E-state index in [0.29, 0.717) is 48.7 Å². The molecule has 1 aliphatic carbocycles. The van der Waals surface area contributed by atoms with Crippen LogP contribution in [0.5, 0.6) is 5.75 Å². The van der Waals surface area contributed by atoms with Gasteiger partial charge in [-0.15, -0.1) is 4.40 Å². The summed E-state index contributed by atoms with van der Waals surface area (Å²) < 4.78 is 35.1. The van der Waals surface area contributed by atoms with Crippen LogP contribution in [0.4, 0.5) is 0 Å². The molecule has 1 atom stereocenters. The van der Waals surface area contributed by atoms with Crippen molar-refractivity contribution in [2.45, 2.75) is 45.1 Å². The molecule has 184 valence electrons. The topological polar surface area (TPSA) is 88.1 Å². The number of amidine groups is 1. The third-order valence-electron chi connectivity index (χ3n) is 7.34. The summed E-state index contributed by atoms with van der Waals surface area (Å²) in [5.41, 5.74) is 3.82. The van der Waals surface area contributed by atoms with E-state index in [2.05, 4.69) is 27.9 Å². The SMILES string of the molecule is COc1ccc(C2=C(C)C(N3CCC(C(=O)N[C@H]4CCCc5ccccc54)CC3)=NS2(=O)=O)cc1. The van der Waals surface area contributed by atoms with Crippen LogP contribution in [0.1, 0.15) is 55.3 Å². The first-order valence-corrected chi connectivity index (χ1v) is 13.6. The lowest BCUT2D eigenvalue weighted by atomic mass is 9.87. The van der Waals surface area contributed by atoms with Crippen LogP contribution in [0.15, 0.2) is 58.5 Å². The van der Waals surface area contributed by atoms with Crippen molar-refractivity contribution in [1.29, 1.82) is 0 Å². The van der Waals surface area contributed by atoms with Crippen molar-refractivity contribution < 1.29 is 17.9 Å². The lowest BCUT2D eigenvalue weighted by molar-refractivity contribution is -0.127. The van der Waals surface area contributed by atoms with Crippen LogP contribution in [-0.4, -0.2) is 45.3 Å². The minimum absolute atomic E-state index is 0.0760. The quantitative estimate of drug-likeness (QED) is 0.694. The zero-order chi connectivity index (χ0) is 24.6. The van der Waals surface area contributed by atoms with Gasteiger partial charge in [-0.3, -0.25) is 4.79 Å². The van der Waals surface area contributed by atoms with Crippen molar-refractivity contribution in [2.75, 3.05) is 20.2 Å². The Bertz CT molecular complexity index is 1290. The van der Waals surface area contributed by atoms with E-state index in [1.807, 2.05) is 17.9 Å². The fraction of sp³-hybridized carbons (Fsp3) is 0.407. The predicted octanol–water partition coefficient (Wildman–Crippen LogP) is 4.07. The molecule has 1 fully saturated rings. The van der Waals surface area contributed by atoms with Gasteiger partial charge in [0, 0.05) is 24.6 Å². The van der Waals surface area contributed by atoms with E-state index in [9.17, 15) is 13.2 Å². The zero-order valence-electron chi connectivity index (χ0n) is 20.2. The molecule has 35 heavy (non-hydrogen) atoms. The van der Waals surface area contributed by atoms with Gasteiger partial charge in [-0.2, -0.15) is 8.42 Å². The fourth-order valence-electron chi connectivity index (χ4n) is 5.47. The summed E-state index contributed by atoms with van der Waals surface area (Å²) in [5, 5.41) is 3.29. The highest BCUT2D eigenvalue weighted by Gasteiger charge is 2.36. The van der Waals surface area contributed by atoms with Crippen LogP contribution in [-0.2, 0) is 21.2 Å². The van der Waals surface area contributed by atoms with Gasteiger partial charge in [-0.25, -0.2) is 0 Å². The van der Waals surface area contributed by atoms with Gasteiger partial charge < -0.3 is 15.0 Å². The Labute approximate surface area is 206 Å². The molecule has 2 aromatic rings. The minimum atomic E-state index is -3.78. The number of ether oxygens (including phenoxy) is 1. The van der Waals surface area contributed by atoms with Crippen LogP contribution in [0.3, 0.4) is 0 Å². The lowest BCUT2D eigenvalue weighted by Gasteiger charge is -2.34. The van der Waals surface area contributed by atoms with Crippen molar-refractivity contribution in [3.8, 4) is 5.75 Å². The second-order valence-electron chi connectivity index (χ2n) is 9.49. The van der Waals surface area contributed by atoms with Crippen LogP contribution < -0.4 is 10.1 Å². The van der Waals surface area contributed by atoms with Gasteiger partial charge in [0.25, 0.3) is 10.0 Å². The number of hydrogen-bond acceptors (Lipinski definition) is 5. The van der Waals surface area contributed by atoms with Gasteiger partial charge in [0.1, 0.15) is 16.5 Å². The van der Waals surface area contributed by atoms with E-state index in [1.165, 1.54) is 11.1 Å². The smallest absolute Gasteiger partial charge is 0.285 e. The highest BCUT2D eigenvalue weighted by atomic mass is 32.2. The predicted molar refractivity (Wildman–Crippen MR) is 137 cm³/mol. The summed E-state index contributed by atoms with van der Waals surface area (Å²) in [4.78, 5) is 15.3. The molecule has 0 saturated carbocycles. The summed E-state index contributed by atoms with van der Waals surface area (Å²) in [6.07, 6.45) is 4.46. The summed E-state index contributed by atoms with van der Waals surface area (Å²) in [6, 6.07) is 15.4. The minimum Gasteiger partial charge on any atom is -0.497 e. The lowest BCUT2D eigenvalue weighted by Crippen LogP contribution is -2.44. The molecule has 1 amide bonds. The average Bonchev–Trinajstić information content (AvgIpc) is 3.12. The van der Waals surface area contributed by atoms with Gasteiger partial charge in [0.2, 0.25) is 5.91 Å². The van der Waals surface area contributed by atoms with Crippen LogP contribution >= 0.6 is 0 Å². The third-order valence-corrected chi connectivity index (χ3v) is 8.82. The maximum absolute atomic E-state index is 13.1. The maximum atomic E-state index is 13.1. The third kappa shape index (κ3) is 4.59. The van der Waals surface area contributed by atoms with E-state index in [0.717, 1.165) is 19.3 Å². The Balaban J connectivity index is 1.25. The van der Waals surface area contributed by atoms with Crippen molar-refractivity contribution in [2.24, 2.45) is 10.3 Å². The standard InChI is InChI=1S/C27H31N3O4S/c1-18-25(20-10-12-22(34-2)13-11-20)35(32,33)29-26(18)30-16-14-21(15-17-30)27(31)28-24-9-5-7-19-6-3-4-8-23(19)24/h3-4,6,8,10-13,21,24H,5,7,9,14-17H2,1-2H3,(H,28,31)/t24-/m0/s1. The Hall–Kier alpha value is -3.13. The summed E-state index contributed by atoms with van der Waals surface area (Å²) in [5.74, 6) is 1.18. The number of likely N-dealkylation sites (tertiary alicyclic amines) is 1. The molecule has 0 spiro atoms. The summed E-state index contributed by atoms with van der Waals surface area (Å²) in [7, 11) is -2.20. The molecule has 2 aromatic carbocycles. The molecule has 0 unspecified atom stereocenters. The highest BCUT2D eigenvalue weighted by Crippen LogP contribution is 2.36. The number of sulfonamides is 1. The van der Waals surface area contributed by atoms with Crippen molar-refractivity contribution in [3.05, 3.63) is 70.8 Å². The Kier molecular flexibility index (Phi) is 6.40. The summed E-state index contributed by atoms with van der Waals surface area (Å²) >= 11 is 0. The molecule has 0 bridgehead atoms.